The molecule has 0 saturated carbocycles. The van der Waals surface area contributed by atoms with Gasteiger partial charge >= 0.3 is 0 Å². The van der Waals surface area contributed by atoms with E-state index in [4.69, 9.17) is 11.6 Å². The summed E-state index contributed by atoms with van der Waals surface area (Å²) in [6, 6.07) is 2.48. The molecule has 1 aromatic rings. The van der Waals surface area contributed by atoms with Crippen LogP contribution >= 0.6 is 11.6 Å². The van der Waals surface area contributed by atoms with Crippen LogP contribution in [-0.2, 0) is 0 Å². The zero-order valence-electron chi connectivity index (χ0n) is 9.69. The minimum absolute atomic E-state index is 0.532. The molecule has 1 aromatic heterocycles. The lowest BCUT2D eigenvalue weighted by atomic mass is 10.1. The summed E-state index contributed by atoms with van der Waals surface area (Å²) in [5.74, 6) is 0.980. The third kappa shape index (κ3) is 2.64. The Kier molecular flexibility index (Phi) is 3.99. The lowest BCUT2D eigenvalue weighted by molar-refractivity contribution is 0.552. The van der Waals surface area contributed by atoms with Crippen molar-refractivity contribution in [3.63, 3.8) is 0 Å². The van der Waals surface area contributed by atoms with Crippen molar-refractivity contribution in [3.8, 4) is 0 Å². The van der Waals surface area contributed by atoms with Crippen LogP contribution < -0.4 is 4.90 Å². The number of hydrogen-bond acceptors (Lipinski definition) is 3. The van der Waals surface area contributed by atoms with E-state index in [0.29, 0.717) is 11.2 Å². The molecule has 1 fully saturated rings. The zero-order valence-corrected chi connectivity index (χ0v) is 10.5. The number of anilines is 1. The third-order valence-corrected chi connectivity index (χ3v) is 3.47. The fourth-order valence-corrected chi connectivity index (χ4v) is 2.53. The highest BCUT2D eigenvalue weighted by atomic mass is 35.5. The van der Waals surface area contributed by atoms with Crippen LogP contribution in [-0.4, -0.2) is 22.6 Å². The second-order valence-electron chi connectivity index (χ2n) is 4.30. The van der Waals surface area contributed by atoms with Crippen molar-refractivity contribution in [2.45, 2.75) is 45.1 Å². The molecule has 0 amide bonds. The van der Waals surface area contributed by atoms with Crippen LogP contribution in [0, 0.1) is 0 Å². The standard InChI is InChI=1S/C12H18ClN3/c1-2-10-6-4-3-5-7-16(10)12-8-11(13)14-9-15-12/h8-10H,2-7H2,1H3. The van der Waals surface area contributed by atoms with Gasteiger partial charge in [0.05, 0.1) is 0 Å². The van der Waals surface area contributed by atoms with Crippen molar-refractivity contribution in [2.24, 2.45) is 0 Å². The van der Waals surface area contributed by atoms with Crippen molar-refractivity contribution < 1.29 is 0 Å². The van der Waals surface area contributed by atoms with Crippen molar-refractivity contribution >= 4 is 17.4 Å². The van der Waals surface area contributed by atoms with Crippen molar-refractivity contribution in [3.05, 3.63) is 17.5 Å². The number of halogens is 1. The number of hydrogen-bond donors (Lipinski definition) is 0. The molecular weight excluding hydrogens is 222 g/mol. The SMILES string of the molecule is CCC1CCCCCN1c1cc(Cl)ncn1. The molecule has 2 rings (SSSR count). The largest absolute Gasteiger partial charge is 0.354 e. The summed E-state index contributed by atoms with van der Waals surface area (Å²) >= 11 is 5.92. The molecule has 16 heavy (non-hydrogen) atoms. The van der Waals surface area contributed by atoms with Crippen LogP contribution in [0.4, 0.5) is 5.82 Å². The molecule has 0 spiro atoms. The Labute approximate surface area is 102 Å². The molecule has 4 heteroatoms. The lowest BCUT2D eigenvalue weighted by Crippen LogP contribution is -2.35. The van der Waals surface area contributed by atoms with E-state index >= 15 is 0 Å². The van der Waals surface area contributed by atoms with Gasteiger partial charge in [-0.3, -0.25) is 0 Å². The number of rotatable bonds is 2. The summed E-state index contributed by atoms with van der Waals surface area (Å²) in [6.07, 6.45) is 7.88. The van der Waals surface area contributed by atoms with Crippen LogP contribution in [0.1, 0.15) is 39.0 Å². The highest BCUT2D eigenvalue weighted by molar-refractivity contribution is 6.29. The van der Waals surface area contributed by atoms with Crippen molar-refractivity contribution in [1.29, 1.82) is 0 Å². The second kappa shape index (κ2) is 5.48. The summed E-state index contributed by atoms with van der Waals surface area (Å²) in [4.78, 5) is 10.7. The van der Waals surface area contributed by atoms with Gasteiger partial charge in [-0.2, -0.15) is 0 Å². The van der Waals surface area contributed by atoms with Crippen LogP contribution in [0.2, 0.25) is 5.15 Å². The van der Waals surface area contributed by atoms with Gasteiger partial charge in [-0.25, -0.2) is 9.97 Å². The van der Waals surface area contributed by atoms with E-state index in [-0.39, 0.29) is 0 Å². The molecule has 1 saturated heterocycles. The van der Waals surface area contributed by atoms with E-state index in [1.807, 2.05) is 6.07 Å². The second-order valence-corrected chi connectivity index (χ2v) is 4.69. The van der Waals surface area contributed by atoms with Gasteiger partial charge in [0.2, 0.25) is 0 Å². The van der Waals surface area contributed by atoms with Gasteiger partial charge in [0.15, 0.2) is 0 Å². The Balaban J connectivity index is 2.21. The molecule has 0 aliphatic carbocycles. The Bertz CT molecular complexity index is 343. The molecule has 1 aliphatic heterocycles. The van der Waals surface area contributed by atoms with E-state index in [1.165, 1.54) is 32.1 Å². The lowest BCUT2D eigenvalue weighted by Gasteiger charge is -2.30. The smallest absolute Gasteiger partial charge is 0.134 e. The summed E-state index contributed by atoms with van der Waals surface area (Å²) < 4.78 is 0. The molecule has 88 valence electrons. The van der Waals surface area contributed by atoms with Crippen molar-refractivity contribution in [1.82, 2.24) is 9.97 Å². The summed E-state index contributed by atoms with van der Waals surface area (Å²) in [5, 5.41) is 0.532. The molecule has 0 N–H and O–H groups in total. The van der Waals surface area contributed by atoms with E-state index in [2.05, 4.69) is 21.8 Å². The van der Waals surface area contributed by atoms with Gasteiger partial charge in [-0.15, -0.1) is 0 Å². The maximum Gasteiger partial charge on any atom is 0.134 e. The topological polar surface area (TPSA) is 29.0 Å². The monoisotopic (exact) mass is 239 g/mol. The van der Waals surface area contributed by atoms with Crippen LogP contribution in [0.3, 0.4) is 0 Å². The molecule has 0 bridgehead atoms. The predicted molar refractivity (Wildman–Crippen MR) is 66.9 cm³/mol. The first kappa shape index (κ1) is 11.6. The normalized spacial score (nSPS) is 21.9. The van der Waals surface area contributed by atoms with E-state index in [0.717, 1.165) is 12.4 Å². The average molecular weight is 240 g/mol. The zero-order chi connectivity index (χ0) is 11.4. The molecule has 1 unspecified atom stereocenters. The first-order valence-corrected chi connectivity index (χ1v) is 6.43. The summed E-state index contributed by atoms with van der Waals surface area (Å²) in [6.45, 7) is 3.33. The average Bonchev–Trinajstić information content (AvgIpc) is 2.53. The molecule has 0 radical (unpaired) electrons. The maximum absolute atomic E-state index is 5.92. The molecule has 3 nitrogen and oxygen atoms in total. The molecular formula is C12H18ClN3. The number of aromatic nitrogens is 2. The number of nitrogens with zero attached hydrogens (tertiary/aromatic N) is 3. The van der Waals surface area contributed by atoms with Crippen LogP contribution in [0.15, 0.2) is 12.4 Å². The fraction of sp³-hybridized carbons (Fsp3) is 0.667. The van der Waals surface area contributed by atoms with E-state index < -0.39 is 0 Å². The quantitative estimate of drug-likeness (QED) is 0.742. The van der Waals surface area contributed by atoms with Gasteiger partial charge in [-0.1, -0.05) is 31.4 Å². The Morgan fingerprint density at radius 3 is 3.00 bits per heavy atom. The highest BCUT2D eigenvalue weighted by Gasteiger charge is 2.20. The maximum atomic E-state index is 5.92. The predicted octanol–water partition coefficient (Wildman–Crippen LogP) is 3.29. The Morgan fingerprint density at radius 1 is 1.38 bits per heavy atom. The first-order valence-electron chi connectivity index (χ1n) is 6.05. The van der Waals surface area contributed by atoms with Crippen molar-refractivity contribution in [2.75, 3.05) is 11.4 Å². The molecule has 2 heterocycles. The van der Waals surface area contributed by atoms with E-state index in [9.17, 15) is 0 Å². The highest BCUT2D eigenvalue weighted by Crippen LogP contribution is 2.25. The van der Waals surface area contributed by atoms with Gasteiger partial charge in [0.25, 0.3) is 0 Å². The first-order chi connectivity index (χ1) is 7.81. The van der Waals surface area contributed by atoms with Gasteiger partial charge in [0.1, 0.15) is 17.3 Å². The Hall–Kier alpha value is -0.830. The minimum Gasteiger partial charge on any atom is -0.354 e. The third-order valence-electron chi connectivity index (χ3n) is 3.26. The van der Waals surface area contributed by atoms with Gasteiger partial charge < -0.3 is 4.90 Å². The van der Waals surface area contributed by atoms with Gasteiger partial charge in [-0.05, 0) is 19.3 Å². The Morgan fingerprint density at radius 2 is 2.25 bits per heavy atom. The summed E-state index contributed by atoms with van der Waals surface area (Å²) in [5.41, 5.74) is 0. The fourth-order valence-electron chi connectivity index (χ4n) is 2.38. The van der Waals surface area contributed by atoms with Crippen LogP contribution in [0.25, 0.3) is 0 Å². The summed E-state index contributed by atoms with van der Waals surface area (Å²) in [7, 11) is 0. The van der Waals surface area contributed by atoms with Gasteiger partial charge in [0, 0.05) is 18.7 Å². The van der Waals surface area contributed by atoms with E-state index in [1.54, 1.807) is 6.33 Å². The molecule has 0 aromatic carbocycles. The molecule has 1 aliphatic rings. The minimum atomic E-state index is 0.532. The molecule has 1 atom stereocenters. The van der Waals surface area contributed by atoms with Crippen LogP contribution in [0.5, 0.6) is 0 Å².